The van der Waals surface area contributed by atoms with Gasteiger partial charge in [0, 0.05) is 18.1 Å². The molecule has 0 saturated heterocycles. The van der Waals surface area contributed by atoms with Crippen molar-refractivity contribution < 1.29 is 9.84 Å². The first-order valence-corrected chi connectivity index (χ1v) is 4.88. The van der Waals surface area contributed by atoms with E-state index in [4.69, 9.17) is 9.84 Å². The molecule has 15 heavy (non-hydrogen) atoms. The number of aromatic nitrogens is 1. The molecule has 0 fully saturated rings. The zero-order chi connectivity index (χ0) is 10.7. The van der Waals surface area contributed by atoms with Gasteiger partial charge in [0.05, 0.1) is 12.6 Å². The predicted octanol–water partition coefficient (Wildman–Crippen LogP) is 1.78. The van der Waals surface area contributed by atoms with Crippen LogP contribution in [-0.2, 0) is 6.42 Å². The molecule has 0 saturated carbocycles. The van der Waals surface area contributed by atoms with Gasteiger partial charge in [0.2, 0.25) is 5.88 Å². The van der Waals surface area contributed by atoms with Gasteiger partial charge in [0.1, 0.15) is 0 Å². The molecule has 2 aromatic rings. The number of hydrogen-bond acceptors (Lipinski definition) is 3. The SMILES string of the molecule is COc1ccc2cc(CCO)ccc2n1. The molecule has 2 rings (SSSR count). The minimum absolute atomic E-state index is 0.176. The van der Waals surface area contributed by atoms with E-state index in [1.165, 1.54) is 0 Å². The maximum Gasteiger partial charge on any atom is 0.213 e. The molecule has 78 valence electrons. The molecule has 0 atom stereocenters. The number of aliphatic hydroxyl groups is 1. The van der Waals surface area contributed by atoms with Crippen LogP contribution in [0.25, 0.3) is 10.9 Å². The molecule has 0 bridgehead atoms. The molecular formula is C12H13NO2. The van der Waals surface area contributed by atoms with Crippen molar-refractivity contribution in [2.45, 2.75) is 6.42 Å². The number of rotatable bonds is 3. The van der Waals surface area contributed by atoms with Gasteiger partial charge in [-0.15, -0.1) is 0 Å². The second-order valence-electron chi connectivity index (χ2n) is 3.35. The molecule has 1 N–H and O–H groups in total. The molecular weight excluding hydrogens is 190 g/mol. The average Bonchev–Trinajstić information content (AvgIpc) is 2.29. The molecule has 3 nitrogen and oxygen atoms in total. The van der Waals surface area contributed by atoms with Crippen LogP contribution in [0, 0.1) is 0 Å². The van der Waals surface area contributed by atoms with Gasteiger partial charge in [-0.1, -0.05) is 6.07 Å². The third-order valence-corrected chi connectivity index (χ3v) is 2.34. The normalized spacial score (nSPS) is 10.5. The van der Waals surface area contributed by atoms with Crippen LogP contribution in [0.1, 0.15) is 5.56 Å². The Labute approximate surface area is 88.3 Å². The average molecular weight is 203 g/mol. The topological polar surface area (TPSA) is 42.4 Å². The van der Waals surface area contributed by atoms with E-state index < -0.39 is 0 Å². The van der Waals surface area contributed by atoms with E-state index in [1.807, 2.05) is 30.3 Å². The second-order valence-corrected chi connectivity index (χ2v) is 3.35. The number of ether oxygens (including phenoxy) is 1. The maximum absolute atomic E-state index is 8.84. The quantitative estimate of drug-likeness (QED) is 0.826. The van der Waals surface area contributed by atoms with E-state index >= 15 is 0 Å². The van der Waals surface area contributed by atoms with Gasteiger partial charge in [-0.05, 0) is 30.2 Å². The summed E-state index contributed by atoms with van der Waals surface area (Å²) in [6.45, 7) is 0.176. The molecule has 1 aromatic carbocycles. The van der Waals surface area contributed by atoms with Crippen LogP contribution in [-0.4, -0.2) is 23.8 Å². The standard InChI is InChI=1S/C12H13NO2/c1-15-12-5-3-10-8-9(6-7-14)2-4-11(10)13-12/h2-5,8,14H,6-7H2,1H3. The first kappa shape index (κ1) is 9.93. The summed E-state index contributed by atoms with van der Waals surface area (Å²) in [6.07, 6.45) is 0.683. The lowest BCUT2D eigenvalue weighted by Crippen LogP contribution is -1.92. The van der Waals surface area contributed by atoms with Gasteiger partial charge in [0.25, 0.3) is 0 Å². The Hall–Kier alpha value is -1.61. The molecule has 0 unspecified atom stereocenters. The first-order chi connectivity index (χ1) is 7.33. The molecule has 0 aliphatic heterocycles. The fourth-order valence-electron chi connectivity index (χ4n) is 1.55. The van der Waals surface area contributed by atoms with Crippen molar-refractivity contribution in [2.75, 3.05) is 13.7 Å². The number of benzene rings is 1. The van der Waals surface area contributed by atoms with Gasteiger partial charge < -0.3 is 9.84 Å². The number of methoxy groups -OCH3 is 1. The number of nitrogens with zero attached hydrogens (tertiary/aromatic N) is 1. The monoisotopic (exact) mass is 203 g/mol. The second kappa shape index (κ2) is 4.28. The molecule has 3 heteroatoms. The van der Waals surface area contributed by atoms with Crippen LogP contribution < -0.4 is 4.74 Å². The van der Waals surface area contributed by atoms with Crippen molar-refractivity contribution in [2.24, 2.45) is 0 Å². The van der Waals surface area contributed by atoms with Crippen LogP contribution in [0.15, 0.2) is 30.3 Å². The molecule has 0 aliphatic rings. The fourth-order valence-corrected chi connectivity index (χ4v) is 1.55. The lowest BCUT2D eigenvalue weighted by atomic mass is 10.1. The van der Waals surface area contributed by atoms with Crippen molar-refractivity contribution in [3.63, 3.8) is 0 Å². The van der Waals surface area contributed by atoms with Gasteiger partial charge >= 0.3 is 0 Å². The van der Waals surface area contributed by atoms with Crippen LogP contribution >= 0.6 is 0 Å². The highest BCUT2D eigenvalue weighted by Gasteiger charge is 1.99. The Bertz CT molecular complexity index is 468. The smallest absolute Gasteiger partial charge is 0.213 e. The fraction of sp³-hybridized carbons (Fsp3) is 0.250. The maximum atomic E-state index is 8.84. The third kappa shape index (κ3) is 2.07. The summed E-state index contributed by atoms with van der Waals surface area (Å²) >= 11 is 0. The Balaban J connectivity index is 2.45. The van der Waals surface area contributed by atoms with Crippen molar-refractivity contribution in [1.29, 1.82) is 0 Å². The summed E-state index contributed by atoms with van der Waals surface area (Å²) in [5, 5.41) is 9.91. The van der Waals surface area contributed by atoms with E-state index in [9.17, 15) is 0 Å². The van der Waals surface area contributed by atoms with Crippen LogP contribution in [0.2, 0.25) is 0 Å². The summed E-state index contributed by atoms with van der Waals surface area (Å²) in [5.74, 6) is 0.623. The van der Waals surface area contributed by atoms with Crippen molar-refractivity contribution >= 4 is 10.9 Å². The van der Waals surface area contributed by atoms with E-state index in [1.54, 1.807) is 7.11 Å². The van der Waals surface area contributed by atoms with E-state index in [2.05, 4.69) is 4.98 Å². The van der Waals surface area contributed by atoms with E-state index in [0.717, 1.165) is 16.5 Å². The minimum atomic E-state index is 0.176. The number of pyridine rings is 1. The van der Waals surface area contributed by atoms with Crippen molar-refractivity contribution in [3.05, 3.63) is 35.9 Å². The highest BCUT2D eigenvalue weighted by Crippen LogP contribution is 2.18. The molecule has 1 aromatic heterocycles. The summed E-state index contributed by atoms with van der Waals surface area (Å²) in [4.78, 5) is 4.31. The highest BCUT2D eigenvalue weighted by atomic mass is 16.5. The van der Waals surface area contributed by atoms with Crippen LogP contribution in [0.3, 0.4) is 0 Å². The Morgan fingerprint density at radius 3 is 2.87 bits per heavy atom. The van der Waals surface area contributed by atoms with E-state index in [0.29, 0.717) is 12.3 Å². The first-order valence-electron chi connectivity index (χ1n) is 4.88. The van der Waals surface area contributed by atoms with Gasteiger partial charge in [0.15, 0.2) is 0 Å². The Morgan fingerprint density at radius 1 is 1.27 bits per heavy atom. The molecule has 0 amide bonds. The molecule has 1 heterocycles. The summed E-state index contributed by atoms with van der Waals surface area (Å²) < 4.78 is 5.05. The third-order valence-electron chi connectivity index (χ3n) is 2.34. The van der Waals surface area contributed by atoms with Crippen molar-refractivity contribution in [3.8, 4) is 5.88 Å². The number of fused-ring (bicyclic) bond motifs is 1. The summed E-state index contributed by atoms with van der Waals surface area (Å²) in [7, 11) is 1.61. The predicted molar refractivity (Wildman–Crippen MR) is 59.1 cm³/mol. The summed E-state index contributed by atoms with van der Waals surface area (Å²) in [5.41, 5.74) is 2.04. The van der Waals surface area contributed by atoms with E-state index in [-0.39, 0.29) is 6.61 Å². The zero-order valence-electron chi connectivity index (χ0n) is 8.60. The molecule has 0 aliphatic carbocycles. The van der Waals surface area contributed by atoms with Gasteiger partial charge in [-0.3, -0.25) is 0 Å². The minimum Gasteiger partial charge on any atom is -0.481 e. The molecule has 0 radical (unpaired) electrons. The van der Waals surface area contributed by atoms with Crippen LogP contribution in [0.5, 0.6) is 5.88 Å². The Kier molecular flexibility index (Phi) is 2.83. The number of hydrogen-bond donors (Lipinski definition) is 1. The van der Waals surface area contributed by atoms with Crippen LogP contribution in [0.4, 0.5) is 0 Å². The summed E-state index contributed by atoms with van der Waals surface area (Å²) in [6, 6.07) is 9.78. The largest absolute Gasteiger partial charge is 0.481 e. The molecule has 0 spiro atoms. The highest BCUT2D eigenvalue weighted by molar-refractivity contribution is 5.79. The van der Waals surface area contributed by atoms with Gasteiger partial charge in [-0.25, -0.2) is 4.98 Å². The zero-order valence-corrected chi connectivity index (χ0v) is 8.60. The lowest BCUT2D eigenvalue weighted by molar-refractivity contribution is 0.299. The van der Waals surface area contributed by atoms with Crippen molar-refractivity contribution in [1.82, 2.24) is 4.98 Å². The lowest BCUT2D eigenvalue weighted by Gasteiger charge is -2.03. The van der Waals surface area contributed by atoms with Gasteiger partial charge in [-0.2, -0.15) is 0 Å². The number of aliphatic hydroxyl groups excluding tert-OH is 1. The Morgan fingerprint density at radius 2 is 2.13 bits per heavy atom.